The van der Waals surface area contributed by atoms with Crippen LogP contribution in [0.5, 0.6) is 0 Å². The first-order valence-electron chi connectivity index (χ1n) is 9.60. The molecule has 154 valence electrons. The number of amides is 1. The smallest absolute Gasteiger partial charge is 0.309 e. The van der Waals surface area contributed by atoms with Gasteiger partial charge < -0.3 is 4.74 Å². The van der Waals surface area contributed by atoms with Gasteiger partial charge in [0.2, 0.25) is 0 Å². The second kappa shape index (κ2) is 8.84. The lowest BCUT2D eigenvalue weighted by atomic mass is 9.92. The van der Waals surface area contributed by atoms with Crippen LogP contribution < -0.4 is 4.90 Å². The number of rotatable bonds is 5. The van der Waals surface area contributed by atoms with Crippen molar-refractivity contribution in [2.45, 2.75) is 6.42 Å². The highest BCUT2D eigenvalue weighted by Gasteiger charge is 2.38. The molecule has 31 heavy (non-hydrogen) atoms. The first-order valence-corrected chi connectivity index (χ1v) is 10.4. The highest BCUT2D eigenvalue weighted by atomic mass is 35.5. The Bertz CT molecular complexity index is 1200. The summed E-state index contributed by atoms with van der Waals surface area (Å²) in [5, 5.41) is 0.571. The lowest BCUT2D eigenvalue weighted by Gasteiger charge is -2.18. The number of hydrogen-bond acceptors (Lipinski definition) is 4. The first-order chi connectivity index (χ1) is 15.0. The van der Waals surface area contributed by atoms with Gasteiger partial charge in [0, 0.05) is 10.6 Å². The zero-order valence-corrected chi connectivity index (χ0v) is 18.2. The van der Waals surface area contributed by atoms with Crippen molar-refractivity contribution in [3.8, 4) is 0 Å². The van der Waals surface area contributed by atoms with Crippen molar-refractivity contribution >= 4 is 57.5 Å². The fourth-order valence-electron chi connectivity index (χ4n) is 3.62. The molecule has 6 heteroatoms. The van der Waals surface area contributed by atoms with Gasteiger partial charge in [-0.2, -0.15) is 0 Å². The van der Waals surface area contributed by atoms with Gasteiger partial charge in [0.25, 0.3) is 5.91 Å². The molecule has 0 spiro atoms. The van der Waals surface area contributed by atoms with E-state index < -0.39 is 0 Å². The van der Waals surface area contributed by atoms with Crippen molar-refractivity contribution in [1.29, 1.82) is 0 Å². The third kappa shape index (κ3) is 4.02. The van der Waals surface area contributed by atoms with Crippen LogP contribution in [0.2, 0.25) is 5.02 Å². The summed E-state index contributed by atoms with van der Waals surface area (Å²) in [6.07, 6.45) is 0.0794. The lowest BCUT2D eigenvalue weighted by Crippen LogP contribution is -2.30. The van der Waals surface area contributed by atoms with Crippen LogP contribution in [0.3, 0.4) is 0 Å². The third-order valence-electron chi connectivity index (χ3n) is 5.08. The van der Waals surface area contributed by atoms with Crippen LogP contribution in [0.15, 0.2) is 78.9 Å². The minimum atomic E-state index is -0.362. The molecular weight excluding hydrogens is 430 g/mol. The number of hydrogen-bond donors (Lipinski definition) is 0. The summed E-state index contributed by atoms with van der Waals surface area (Å²) >= 11 is 11.8. The van der Waals surface area contributed by atoms with Gasteiger partial charge in [0.05, 0.1) is 24.8 Å². The maximum absolute atomic E-state index is 13.6. The summed E-state index contributed by atoms with van der Waals surface area (Å²) in [5.74, 6) is -0.583. The Hall–Kier alpha value is -3.28. The van der Waals surface area contributed by atoms with Gasteiger partial charge in [-0.15, -0.1) is 0 Å². The number of methoxy groups -OCH3 is 1. The number of nitrogens with zero attached hydrogens (tertiary/aromatic N) is 1. The number of anilines is 1. The Balaban J connectivity index is 1.91. The van der Waals surface area contributed by atoms with Crippen LogP contribution in [-0.2, 0) is 20.7 Å². The molecule has 0 saturated heterocycles. The molecule has 4 nitrogen and oxygen atoms in total. The highest BCUT2D eigenvalue weighted by Crippen LogP contribution is 2.40. The maximum atomic E-state index is 13.6. The molecule has 1 aliphatic rings. The van der Waals surface area contributed by atoms with Crippen LogP contribution in [0.25, 0.3) is 11.1 Å². The van der Waals surface area contributed by atoms with Gasteiger partial charge in [0.1, 0.15) is 4.99 Å². The van der Waals surface area contributed by atoms with Crippen molar-refractivity contribution in [2.24, 2.45) is 0 Å². The van der Waals surface area contributed by atoms with Gasteiger partial charge in [-0.05, 0) is 41.0 Å². The number of carbonyl (C=O) groups is 2. The van der Waals surface area contributed by atoms with E-state index in [1.807, 2.05) is 54.6 Å². The van der Waals surface area contributed by atoms with Gasteiger partial charge in [-0.1, -0.05) is 78.4 Å². The monoisotopic (exact) mass is 447 g/mol. The second-order valence-corrected chi connectivity index (χ2v) is 7.77. The van der Waals surface area contributed by atoms with Gasteiger partial charge in [-0.3, -0.25) is 14.5 Å². The van der Waals surface area contributed by atoms with E-state index in [-0.39, 0.29) is 18.3 Å². The average molecular weight is 448 g/mol. The average Bonchev–Trinajstić information content (AvgIpc) is 3.05. The summed E-state index contributed by atoms with van der Waals surface area (Å²) in [6.45, 7) is 0. The Labute approximate surface area is 190 Å². The van der Waals surface area contributed by atoms with E-state index >= 15 is 0 Å². The molecule has 0 atom stereocenters. The fraction of sp³-hybridized carbons (Fsp3) is 0.0800. The number of carbonyl (C=O) groups excluding carboxylic acids is 2. The molecule has 1 aliphatic heterocycles. The Morgan fingerprint density at radius 3 is 2.26 bits per heavy atom. The van der Waals surface area contributed by atoms with Crippen LogP contribution in [-0.4, -0.2) is 24.0 Å². The molecule has 1 amide bonds. The minimum Gasteiger partial charge on any atom is -0.469 e. The number of ether oxygens (including phenoxy) is 1. The van der Waals surface area contributed by atoms with Crippen molar-refractivity contribution in [3.05, 3.63) is 101 Å². The topological polar surface area (TPSA) is 46.6 Å². The Morgan fingerprint density at radius 2 is 1.58 bits per heavy atom. The fourth-order valence-corrected chi connectivity index (χ4v) is 4.15. The van der Waals surface area contributed by atoms with Crippen LogP contribution >= 0.6 is 23.8 Å². The maximum Gasteiger partial charge on any atom is 0.309 e. The summed E-state index contributed by atoms with van der Waals surface area (Å²) < 4.78 is 4.86. The van der Waals surface area contributed by atoms with E-state index in [1.165, 1.54) is 12.0 Å². The number of benzene rings is 3. The molecule has 0 saturated carbocycles. The molecule has 0 aromatic heterocycles. The molecule has 3 aromatic carbocycles. The molecule has 0 radical (unpaired) electrons. The van der Waals surface area contributed by atoms with E-state index in [1.54, 1.807) is 24.3 Å². The molecule has 0 aliphatic carbocycles. The van der Waals surface area contributed by atoms with Crippen molar-refractivity contribution in [1.82, 2.24) is 0 Å². The molecule has 0 unspecified atom stereocenters. The van der Waals surface area contributed by atoms with E-state index in [4.69, 9.17) is 28.6 Å². The molecule has 4 rings (SSSR count). The van der Waals surface area contributed by atoms with Crippen LogP contribution in [0, 0.1) is 0 Å². The van der Waals surface area contributed by atoms with Crippen molar-refractivity contribution in [2.75, 3.05) is 12.0 Å². The number of halogens is 1. The largest absolute Gasteiger partial charge is 0.469 e. The minimum absolute atomic E-state index is 0.0794. The van der Waals surface area contributed by atoms with Crippen LogP contribution in [0.1, 0.15) is 16.7 Å². The number of esters is 1. The van der Waals surface area contributed by atoms with E-state index in [2.05, 4.69) is 0 Å². The highest BCUT2D eigenvalue weighted by molar-refractivity contribution is 7.82. The molecular formula is C25H18ClNO3S. The number of thiocarbonyl (C=S) groups is 1. The molecule has 0 N–H and O–H groups in total. The zero-order chi connectivity index (χ0) is 22.0. The lowest BCUT2D eigenvalue weighted by molar-refractivity contribution is -0.139. The molecule has 0 bridgehead atoms. The third-order valence-corrected chi connectivity index (χ3v) is 5.72. The SMILES string of the molecule is COC(=O)Cc1ccccc1C1=C(c2ccccc2)C(=O)N(c2ccc(Cl)cc2)C1=S. The Morgan fingerprint density at radius 1 is 0.935 bits per heavy atom. The van der Waals surface area contributed by atoms with Crippen molar-refractivity contribution in [3.63, 3.8) is 0 Å². The summed E-state index contributed by atoms with van der Waals surface area (Å²) in [5.41, 5.74) is 3.99. The predicted octanol–water partition coefficient (Wildman–Crippen LogP) is 5.34. The molecule has 1 heterocycles. The van der Waals surface area contributed by atoms with Crippen molar-refractivity contribution < 1.29 is 14.3 Å². The quantitative estimate of drug-likeness (QED) is 0.391. The Kier molecular flexibility index (Phi) is 5.98. The van der Waals surface area contributed by atoms with Gasteiger partial charge in [-0.25, -0.2) is 0 Å². The first kappa shape index (κ1) is 21.0. The summed E-state index contributed by atoms with van der Waals surface area (Å²) in [6, 6.07) is 23.8. The van der Waals surface area contributed by atoms with Crippen LogP contribution in [0.4, 0.5) is 5.69 Å². The van der Waals surface area contributed by atoms with E-state index in [9.17, 15) is 9.59 Å². The van der Waals surface area contributed by atoms with Gasteiger partial charge in [0.15, 0.2) is 0 Å². The van der Waals surface area contributed by atoms with E-state index in [0.717, 1.165) is 16.7 Å². The standard InChI is InChI=1S/C25H18ClNO3S/c1-30-21(28)15-17-9-5-6-10-20(17)23-22(16-7-3-2-4-8-16)24(29)27(25(23)31)19-13-11-18(26)12-14-19/h2-14H,15H2,1H3. The summed E-state index contributed by atoms with van der Waals surface area (Å²) in [4.78, 5) is 27.5. The normalized spacial score (nSPS) is 13.7. The van der Waals surface area contributed by atoms with E-state index in [0.29, 0.717) is 26.8 Å². The summed E-state index contributed by atoms with van der Waals surface area (Å²) in [7, 11) is 1.35. The second-order valence-electron chi connectivity index (χ2n) is 6.95. The van der Waals surface area contributed by atoms with Gasteiger partial charge >= 0.3 is 5.97 Å². The predicted molar refractivity (Wildman–Crippen MR) is 127 cm³/mol. The molecule has 3 aromatic rings. The zero-order valence-electron chi connectivity index (χ0n) is 16.7. The molecule has 0 fully saturated rings.